The van der Waals surface area contributed by atoms with Gasteiger partial charge in [0.05, 0.1) is 6.61 Å². The second kappa shape index (κ2) is 17.6. The van der Waals surface area contributed by atoms with Crippen molar-refractivity contribution in [1.82, 2.24) is 0 Å². The number of allylic oxidation sites excluding steroid dienone is 2. The van der Waals surface area contributed by atoms with Crippen molar-refractivity contribution < 1.29 is 4.74 Å². The Hall–Kier alpha value is -2.02. The summed E-state index contributed by atoms with van der Waals surface area (Å²) in [6, 6.07) is 18.9. The van der Waals surface area contributed by atoms with Crippen molar-refractivity contribution in [2.24, 2.45) is 0 Å². The number of ether oxygens (including phenoxy) is 1. The Balaban J connectivity index is 1.43. The van der Waals surface area contributed by atoms with E-state index in [-0.39, 0.29) is 0 Å². The maximum Gasteiger partial charge on any atom is 0.127 e. The molecular weight excluding hydrogens is 376 g/mol. The van der Waals surface area contributed by atoms with Crippen molar-refractivity contribution in [3.05, 3.63) is 66.7 Å². The molecule has 0 aliphatic rings. The average Bonchev–Trinajstić information content (AvgIpc) is 2.82. The van der Waals surface area contributed by atoms with Crippen LogP contribution in [0.5, 0.6) is 5.75 Å². The largest absolute Gasteiger partial charge is 0.493 e. The standard InChI is InChI=1S/C30H44O/c1-2-3-4-5-6-7-8-9-10-11-12-13-14-15-16-22-27-31-30-26-21-20-25-29(30)28-23-18-17-19-24-28/h9-10,17-21,23-26H,2-8,11-16,22,27H2,1H3/b10-9-. The van der Waals surface area contributed by atoms with Gasteiger partial charge in [0.2, 0.25) is 0 Å². The molecule has 2 aromatic carbocycles. The summed E-state index contributed by atoms with van der Waals surface area (Å²) in [6.45, 7) is 3.09. The maximum absolute atomic E-state index is 6.10. The molecular formula is C30H44O. The third-order valence-electron chi connectivity index (χ3n) is 5.89. The summed E-state index contributed by atoms with van der Waals surface area (Å²) in [6.07, 6.45) is 23.5. The zero-order valence-electron chi connectivity index (χ0n) is 19.9. The van der Waals surface area contributed by atoms with Crippen LogP contribution in [0.15, 0.2) is 66.7 Å². The first-order valence-electron chi connectivity index (χ1n) is 12.8. The van der Waals surface area contributed by atoms with Gasteiger partial charge < -0.3 is 4.74 Å². The molecule has 0 saturated carbocycles. The van der Waals surface area contributed by atoms with Gasteiger partial charge in [-0.2, -0.15) is 0 Å². The van der Waals surface area contributed by atoms with E-state index in [4.69, 9.17) is 4.74 Å². The quantitative estimate of drug-likeness (QED) is 0.172. The van der Waals surface area contributed by atoms with E-state index < -0.39 is 0 Å². The second-order valence-corrected chi connectivity index (χ2v) is 8.65. The molecule has 0 radical (unpaired) electrons. The highest BCUT2D eigenvalue weighted by Gasteiger charge is 2.04. The van der Waals surface area contributed by atoms with Crippen LogP contribution >= 0.6 is 0 Å². The van der Waals surface area contributed by atoms with E-state index in [1.54, 1.807) is 0 Å². The third-order valence-corrected chi connectivity index (χ3v) is 5.89. The van der Waals surface area contributed by atoms with Crippen LogP contribution in [0.2, 0.25) is 0 Å². The number of hydrogen-bond acceptors (Lipinski definition) is 1. The Labute approximate surface area is 191 Å². The van der Waals surface area contributed by atoms with Gasteiger partial charge in [0.15, 0.2) is 0 Å². The molecule has 0 fully saturated rings. The first-order valence-corrected chi connectivity index (χ1v) is 12.8. The molecule has 0 aliphatic carbocycles. The minimum Gasteiger partial charge on any atom is -0.493 e. The fourth-order valence-electron chi connectivity index (χ4n) is 3.98. The highest BCUT2D eigenvalue weighted by molar-refractivity contribution is 5.70. The van der Waals surface area contributed by atoms with E-state index in [1.165, 1.54) is 94.6 Å². The van der Waals surface area contributed by atoms with Gasteiger partial charge in [-0.15, -0.1) is 0 Å². The predicted octanol–water partition coefficient (Wildman–Crippen LogP) is 9.77. The van der Waals surface area contributed by atoms with Crippen molar-refractivity contribution in [3.8, 4) is 16.9 Å². The Morgan fingerprint density at radius 3 is 1.81 bits per heavy atom. The minimum atomic E-state index is 0.811. The highest BCUT2D eigenvalue weighted by Crippen LogP contribution is 2.29. The zero-order valence-corrected chi connectivity index (χ0v) is 19.9. The molecule has 0 atom stereocenters. The predicted molar refractivity (Wildman–Crippen MR) is 137 cm³/mol. The Bertz CT molecular complexity index is 689. The van der Waals surface area contributed by atoms with E-state index in [0.717, 1.165) is 18.8 Å². The fourth-order valence-corrected chi connectivity index (χ4v) is 3.98. The van der Waals surface area contributed by atoms with Crippen molar-refractivity contribution in [2.75, 3.05) is 6.61 Å². The summed E-state index contributed by atoms with van der Waals surface area (Å²) in [5.74, 6) is 1.00. The summed E-state index contributed by atoms with van der Waals surface area (Å²) in [7, 11) is 0. The number of para-hydroxylation sites is 1. The van der Waals surface area contributed by atoms with Gasteiger partial charge in [-0.05, 0) is 43.7 Å². The Morgan fingerprint density at radius 2 is 1.13 bits per heavy atom. The van der Waals surface area contributed by atoms with Gasteiger partial charge in [0, 0.05) is 5.56 Å². The third kappa shape index (κ3) is 11.8. The Morgan fingerprint density at radius 1 is 0.581 bits per heavy atom. The Kier molecular flexibility index (Phi) is 14.4. The van der Waals surface area contributed by atoms with E-state index in [0.29, 0.717) is 0 Å². The van der Waals surface area contributed by atoms with Crippen LogP contribution in [0.3, 0.4) is 0 Å². The van der Waals surface area contributed by atoms with Crippen LogP contribution in [0.25, 0.3) is 11.1 Å². The molecule has 0 heterocycles. The molecule has 0 saturated heterocycles. The van der Waals surface area contributed by atoms with E-state index in [2.05, 4.69) is 73.7 Å². The van der Waals surface area contributed by atoms with Gasteiger partial charge in [-0.3, -0.25) is 0 Å². The summed E-state index contributed by atoms with van der Waals surface area (Å²) >= 11 is 0. The molecule has 1 nitrogen and oxygen atoms in total. The van der Waals surface area contributed by atoms with Gasteiger partial charge in [0.1, 0.15) is 5.75 Å². The van der Waals surface area contributed by atoms with Crippen LogP contribution in [0.4, 0.5) is 0 Å². The molecule has 0 bridgehead atoms. The maximum atomic E-state index is 6.10. The first-order chi connectivity index (χ1) is 15.4. The van der Waals surface area contributed by atoms with Crippen molar-refractivity contribution in [3.63, 3.8) is 0 Å². The molecule has 0 aliphatic heterocycles. The summed E-state index contributed by atoms with van der Waals surface area (Å²) in [5.41, 5.74) is 2.41. The smallest absolute Gasteiger partial charge is 0.127 e. The number of benzene rings is 2. The lowest BCUT2D eigenvalue weighted by atomic mass is 10.0. The number of rotatable bonds is 18. The van der Waals surface area contributed by atoms with E-state index >= 15 is 0 Å². The SMILES string of the molecule is CCCCCCCC/C=C\CCCCCCCCOc1ccccc1-c1ccccc1. The second-order valence-electron chi connectivity index (χ2n) is 8.65. The van der Waals surface area contributed by atoms with Gasteiger partial charge in [-0.1, -0.05) is 125 Å². The zero-order chi connectivity index (χ0) is 21.8. The van der Waals surface area contributed by atoms with Crippen molar-refractivity contribution in [2.45, 2.75) is 96.8 Å². The molecule has 0 spiro atoms. The van der Waals surface area contributed by atoms with Crippen molar-refractivity contribution >= 4 is 0 Å². The molecule has 2 aromatic rings. The van der Waals surface area contributed by atoms with Gasteiger partial charge in [-0.25, -0.2) is 0 Å². The molecule has 0 N–H and O–H groups in total. The van der Waals surface area contributed by atoms with Crippen LogP contribution in [0.1, 0.15) is 96.8 Å². The van der Waals surface area contributed by atoms with E-state index in [1.807, 2.05) is 0 Å². The average molecular weight is 421 g/mol. The van der Waals surface area contributed by atoms with Crippen LogP contribution in [-0.4, -0.2) is 6.61 Å². The lowest BCUT2D eigenvalue weighted by molar-refractivity contribution is 0.305. The normalized spacial score (nSPS) is 11.3. The molecule has 31 heavy (non-hydrogen) atoms. The number of unbranched alkanes of at least 4 members (excludes halogenated alkanes) is 12. The van der Waals surface area contributed by atoms with Crippen LogP contribution in [-0.2, 0) is 0 Å². The van der Waals surface area contributed by atoms with Gasteiger partial charge in [0.25, 0.3) is 0 Å². The van der Waals surface area contributed by atoms with Gasteiger partial charge >= 0.3 is 0 Å². The molecule has 0 unspecified atom stereocenters. The number of hydrogen-bond donors (Lipinski definition) is 0. The lowest BCUT2D eigenvalue weighted by Crippen LogP contribution is -1.98. The molecule has 1 heteroatoms. The summed E-state index contributed by atoms with van der Waals surface area (Å²) < 4.78 is 6.10. The fraction of sp³-hybridized carbons (Fsp3) is 0.533. The van der Waals surface area contributed by atoms with Crippen molar-refractivity contribution in [1.29, 1.82) is 0 Å². The highest BCUT2D eigenvalue weighted by atomic mass is 16.5. The first kappa shape index (κ1) is 25.2. The van der Waals surface area contributed by atoms with Crippen LogP contribution < -0.4 is 4.74 Å². The summed E-state index contributed by atoms with van der Waals surface area (Å²) in [5, 5.41) is 0. The monoisotopic (exact) mass is 420 g/mol. The molecule has 0 aromatic heterocycles. The molecule has 2 rings (SSSR count). The lowest BCUT2D eigenvalue weighted by Gasteiger charge is -2.11. The molecule has 0 amide bonds. The van der Waals surface area contributed by atoms with E-state index in [9.17, 15) is 0 Å². The topological polar surface area (TPSA) is 9.23 Å². The minimum absolute atomic E-state index is 0.811. The van der Waals surface area contributed by atoms with Crippen LogP contribution in [0, 0.1) is 0 Å². The summed E-state index contributed by atoms with van der Waals surface area (Å²) in [4.78, 5) is 0. The molecule has 170 valence electrons.